The fraction of sp³-hybridized carbons (Fsp3) is 0.483. The number of hydrogen-bond acceptors (Lipinski definition) is 7. The highest BCUT2D eigenvalue weighted by Gasteiger charge is 2.58. The molecule has 6 aliphatic heterocycles. The second kappa shape index (κ2) is 9.66. The number of carboxylic acids is 1. The van der Waals surface area contributed by atoms with Crippen LogP contribution >= 0.6 is 11.8 Å². The zero-order valence-electron chi connectivity index (χ0n) is 23.8. The normalized spacial score (nSPS) is 31.0. The minimum Gasteiger partial charge on any atom is -0.477 e. The van der Waals surface area contributed by atoms with Crippen molar-refractivity contribution in [2.75, 3.05) is 63.2 Å². The van der Waals surface area contributed by atoms with Crippen LogP contribution in [0.4, 0.5) is 5.69 Å². The van der Waals surface area contributed by atoms with Gasteiger partial charge in [-0.1, -0.05) is 30.0 Å². The number of β-lactam (4-membered cyclic amide) rings is 1. The molecule has 4 N–H and O–H groups in total. The van der Waals surface area contributed by atoms with E-state index >= 15 is 0 Å². The van der Waals surface area contributed by atoms with Gasteiger partial charge in [0, 0.05) is 16.7 Å². The molecule has 43 heavy (non-hydrogen) atoms. The first-order valence-electron chi connectivity index (χ1n) is 14.6. The van der Waals surface area contributed by atoms with Gasteiger partial charge in [-0.2, -0.15) is 0 Å². The van der Waals surface area contributed by atoms with Gasteiger partial charge in [-0.3, -0.25) is 18.8 Å². The summed E-state index contributed by atoms with van der Waals surface area (Å²) in [5.41, 5.74) is 6.87. The number of thioether (sulfide) groups is 1. The Morgan fingerprint density at radius 3 is 2.40 bits per heavy atom. The molecule has 228 valence electrons. The Kier molecular flexibility index (Phi) is 6.43. The van der Waals surface area contributed by atoms with E-state index in [9.17, 15) is 33.0 Å². The summed E-state index contributed by atoms with van der Waals surface area (Å²) in [5, 5.41) is 21.0. The standard InChI is InChI=1S/C29H33N5O7S2/c1-17(35)24-27(37)32-26(29(38)39)21(42-28(24)32)15-31-20-4-2-3-19-18(5-6-22(25(19)20)43(31,40)41)7-8-33-9-12-34(13-10-33,14-11-33)16-23(30)36/h2-6,17,24,28,35H,7-16H2,1H3,(H-2,30,36,38,39)/p+2/t17-,24?,28?,33?,34?/m0/s1. The van der Waals surface area contributed by atoms with Gasteiger partial charge in [-0.05, 0) is 30.0 Å². The van der Waals surface area contributed by atoms with Crippen molar-refractivity contribution < 1.29 is 42.0 Å². The van der Waals surface area contributed by atoms with E-state index in [1.807, 2.05) is 18.2 Å². The van der Waals surface area contributed by atoms with Gasteiger partial charge < -0.3 is 24.9 Å². The van der Waals surface area contributed by atoms with Crippen LogP contribution in [0.2, 0.25) is 0 Å². The largest absolute Gasteiger partial charge is 0.477 e. The Balaban J connectivity index is 1.16. The van der Waals surface area contributed by atoms with Gasteiger partial charge in [0.15, 0.2) is 6.54 Å². The average Bonchev–Trinajstić information content (AvgIpc) is 3.39. The zero-order valence-corrected chi connectivity index (χ0v) is 25.4. The van der Waals surface area contributed by atoms with E-state index in [1.54, 1.807) is 12.1 Å². The van der Waals surface area contributed by atoms with Crippen molar-refractivity contribution in [1.82, 2.24) is 4.90 Å². The lowest BCUT2D eigenvalue weighted by Gasteiger charge is -2.55. The molecule has 2 amide bonds. The number of primary amides is 1. The third kappa shape index (κ3) is 4.21. The van der Waals surface area contributed by atoms with Gasteiger partial charge in [0.05, 0.1) is 35.7 Å². The molecule has 0 radical (unpaired) electrons. The number of aliphatic carboxylic acids is 1. The van der Waals surface area contributed by atoms with Gasteiger partial charge in [0.1, 0.15) is 50.3 Å². The number of nitrogens with zero attached hydrogens (tertiary/aromatic N) is 4. The predicted molar refractivity (Wildman–Crippen MR) is 159 cm³/mol. The number of fused-ring (bicyclic) bond motifs is 4. The molecule has 3 atom stereocenters. The molecule has 2 aromatic rings. The fourth-order valence-corrected chi connectivity index (χ4v) is 11.1. The van der Waals surface area contributed by atoms with Crippen LogP contribution in [0.25, 0.3) is 10.8 Å². The maximum Gasteiger partial charge on any atom is 0.353 e. The number of sulfonamides is 1. The minimum atomic E-state index is -3.98. The monoisotopic (exact) mass is 629 g/mol. The summed E-state index contributed by atoms with van der Waals surface area (Å²) in [6, 6.07) is 9.07. The first-order valence-corrected chi connectivity index (χ1v) is 16.9. The predicted octanol–water partition coefficient (Wildman–Crippen LogP) is 0.245. The number of benzene rings is 2. The van der Waals surface area contributed by atoms with Crippen molar-refractivity contribution in [2.45, 2.75) is 29.7 Å². The van der Waals surface area contributed by atoms with Crippen LogP contribution in [-0.2, 0) is 30.8 Å². The van der Waals surface area contributed by atoms with Crippen molar-refractivity contribution in [3.63, 3.8) is 0 Å². The number of amides is 2. The lowest BCUT2D eigenvalue weighted by molar-refractivity contribution is -1.08. The molecule has 0 aliphatic carbocycles. The number of quaternary nitrogens is 2. The summed E-state index contributed by atoms with van der Waals surface area (Å²) in [7, 11) is -3.98. The second-order valence-electron chi connectivity index (χ2n) is 12.6. The van der Waals surface area contributed by atoms with Gasteiger partial charge in [0.25, 0.3) is 15.9 Å². The van der Waals surface area contributed by atoms with Crippen LogP contribution in [-0.4, -0.2) is 121 Å². The van der Waals surface area contributed by atoms with E-state index in [-0.39, 0.29) is 27.9 Å². The smallest absolute Gasteiger partial charge is 0.353 e. The molecule has 4 fully saturated rings. The van der Waals surface area contributed by atoms with Crippen molar-refractivity contribution >= 4 is 56.0 Å². The third-order valence-corrected chi connectivity index (χ3v) is 13.4. The average molecular weight is 630 g/mol. The lowest BCUT2D eigenvalue weighted by Crippen LogP contribution is -2.76. The van der Waals surface area contributed by atoms with Crippen LogP contribution in [0.5, 0.6) is 0 Å². The number of hydrogen-bond donors (Lipinski definition) is 3. The number of carbonyl (C=O) groups excluding carboxylic acids is 2. The molecular formula is C29H35N5O7S2+2. The zero-order chi connectivity index (χ0) is 30.5. The molecule has 0 spiro atoms. The molecule has 2 unspecified atom stereocenters. The van der Waals surface area contributed by atoms with Crippen LogP contribution in [0.15, 0.2) is 45.8 Å². The Bertz CT molecular complexity index is 1720. The number of rotatable bonds is 9. The highest BCUT2D eigenvalue weighted by molar-refractivity contribution is 8.04. The summed E-state index contributed by atoms with van der Waals surface area (Å²) in [6.07, 6.45) is -0.167. The summed E-state index contributed by atoms with van der Waals surface area (Å²) in [4.78, 5) is 38.1. The second-order valence-corrected chi connectivity index (χ2v) is 15.7. The molecule has 14 heteroatoms. The van der Waals surface area contributed by atoms with E-state index < -0.39 is 39.3 Å². The van der Waals surface area contributed by atoms with Crippen molar-refractivity contribution in [1.29, 1.82) is 0 Å². The maximum atomic E-state index is 13.9. The van der Waals surface area contributed by atoms with E-state index in [0.29, 0.717) is 17.6 Å². The number of carboxylic acid groups (broad SMARTS) is 1. The molecule has 6 aliphatic rings. The van der Waals surface area contributed by atoms with Crippen LogP contribution in [0.1, 0.15) is 12.5 Å². The number of piperazine rings is 3. The van der Waals surface area contributed by atoms with Crippen LogP contribution < -0.4 is 10.0 Å². The summed E-state index contributed by atoms with van der Waals surface area (Å²) in [6.45, 7) is 8.40. The van der Waals surface area contributed by atoms with E-state index in [0.717, 1.165) is 83.9 Å². The lowest BCUT2D eigenvalue weighted by atomic mass is 9.92. The molecule has 0 saturated carbocycles. The quantitative estimate of drug-likeness (QED) is 0.263. The van der Waals surface area contributed by atoms with Crippen molar-refractivity contribution in [3.05, 3.63) is 46.5 Å². The Hall–Kier alpha value is -3.17. The van der Waals surface area contributed by atoms with Gasteiger partial charge in [-0.25, -0.2) is 13.2 Å². The highest BCUT2D eigenvalue weighted by atomic mass is 32.2. The first kappa shape index (κ1) is 28.6. The summed E-state index contributed by atoms with van der Waals surface area (Å²) >= 11 is 1.14. The summed E-state index contributed by atoms with van der Waals surface area (Å²) < 4.78 is 30.7. The van der Waals surface area contributed by atoms with Crippen LogP contribution in [0, 0.1) is 5.92 Å². The number of aliphatic hydroxyl groups excluding tert-OH is 1. The Morgan fingerprint density at radius 1 is 1.09 bits per heavy atom. The summed E-state index contributed by atoms with van der Waals surface area (Å²) in [5.74, 6) is -2.75. The third-order valence-electron chi connectivity index (χ3n) is 10.3. The van der Waals surface area contributed by atoms with Gasteiger partial charge in [0.2, 0.25) is 5.91 Å². The molecule has 2 aromatic carbocycles. The number of carbonyl (C=O) groups is 3. The molecule has 4 saturated heterocycles. The van der Waals surface area contributed by atoms with Crippen molar-refractivity contribution in [2.24, 2.45) is 11.7 Å². The fourth-order valence-electron chi connectivity index (χ4n) is 7.77. The number of anilines is 1. The molecule has 12 nitrogen and oxygen atoms in total. The van der Waals surface area contributed by atoms with E-state index in [4.69, 9.17) is 5.73 Å². The van der Waals surface area contributed by atoms with Crippen LogP contribution in [0.3, 0.4) is 0 Å². The van der Waals surface area contributed by atoms with Gasteiger partial charge in [-0.15, -0.1) is 0 Å². The maximum absolute atomic E-state index is 13.9. The van der Waals surface area contributed by atoms with Crippen molar-refractivity contribution in [3.8, 4) is 0 Å². The molecular weight excluding hydrogens is 594 g/mol. The Morgan fingerprint density at radius 2 is 1.77 bits per heavy atom. The highest BCUT2D eigenvalue weighted by Crippen LogP contribution is 2.52. The van der Waals surface area contributed by atoms with E-state index in [1.165, 1.54) is 16.1 Å². The topological polar surface area (TPSA) is 158 Å². The molecule has 6 heterocycles. The minimum absolute atomic E-state index is 0.194. The first-order chi connectivity index (χ1) is 20.4. The van der Waals surface area contributed by atoms with Gasteiger partial charge >= 0.3 is 5.97 Å². The SMILES string of the molecule is C[C@H](O)C1C(=O)N2C(C(=O)O)=C(CN3c4cccc5c(CC[N+]67CC[N+](CC(N)=O)(CC6)CC7)ccc(c45)S3(=O)=O)SC12. The molecule has 0 aromatic heterocycles. The Labute approximate surface area is 253 Å². The number of nitrogens with two attached hydrogens (primary N) is 1. The molecule has 8 rings (SSSR count). The molecule has 2 bridgehead atoms. The van der Waals surface area contributed by atoms with E-state index in [2.05, 4.69) is 0 Å². The number of aliphatic hydroxyl groups is 1.